The lowest BCUT2D eigenvalue weighted by Gasteiger charge is -2.27. The Balaban J connectivity index is 1.36. The van der Waals surface area contributed by atoms with E-state index in [0.717, 1.165) is 29.8 Å². The molecular weight excluding hydrogens is 458 g/mol. The van der Waals surface area contributed by atoms with Gasteiger partial charge in [0.2, 0.25) is 0 Å². The van der Waals surface area contributed by atoms with Crippen molar-refractivity contribution in [3.63, 3.8) is 0 Å². The second kappa shape index (κ2) is 10.2. The summed E-state index contributed by atoms with van der Waals surface area (Å²) in [6, 6.07) is 31.8. The van der Waals surface area contributed by atoms with Crippen molar-refractivity contribution in [3.05, 3.63) is 113 Å². The molecule has 4 aromatic carbocycles. The van der Waals surface area contributed by atoms with Gasteiger partial charge in [-0.05, 0) is 58.1 Å². The highest BCUT2D eigenvalue weighted by atomic mass is 16.5. The highest BCUT2D eigenvalue weighted by Gasteiger charge is 2.31. The van der Waals surface area contributed by atoms with Crippen molar-refractivity contribution in [3.8, 4) is 0 Å². The number of rotatable bonds is 5. The second-order valence-corrected chi connectivity index (χ2v) is 9.68. The minimum absolute atomic E-state index is 0.0575. The van der Waals surface area contributed by atoms with Gasteiger partial charge in [-0.1, -0.05) is 73.7 Å². The summed E-state index contributed by atoms with van der Waals surface area (Å²) < 4.78 is 5.40. The van der Waals surface area contributed by atoms with Gasteiger partial charge in [-0.15, -0.1) is 0 Å². The lowest BCUT2D eigenvalue weighted by atomic mass is 9.93. The Morgan fingerprint density at radius 1 is 0.892 bits per heavy atom. The molecule has 1 amide bonds. The van der Waals surface area contributed by atoms with E-state index in [9.17, 15) is 4.79 Å². The van der Waals surface area contributed by atoms with Crippen LogP contribution in [-0.4, -0.2) is 42.8 Å². The van der Waals surface area contributed by atoms with Gasteiger partial charge in [-0.3, -0.25) is 9.80 Å². The SMILES string of the molecule is CCc1ccc(C2=NN(c3ccc(C(=O)N4CCOCC4)cc3)C(c3cccc4ccccc34)C2)cc1. The molecule has 0 aliphatic carbocycles. The molecule has 37 heavy (non-hydrogen) atoms. The molecule has 1 fully saturated rings. The molecule has 0 aromatic heterocycles. The predicted octanol–water partition coefficient (Wildman–Crippen LogP) is 6.23. The standard InChI is InChI=1S/C32H31N3O2/c1-2-23-10-12-25(13-11-23)30-22-31(29-9-5-7-24-6-3-4-8-28(24)29)35(33-30)27-16-14-26(15-17-27)32(36)34-18-20-37-21-19-34/h3-17,31H,2,18-22H2,1H3. The summed E-state index contributed by atoms with van der Waals surface area (Å²) in [6.45, 7) is 4.65. The van der Waals surface area contributed by atoms with Gasteiger partial charge >= 0.3 is 0 Å². The molecule has 1 unspecified atom stereocenters. The van der Waals surface area contributed by atoms with E-state index >= 15 is 0 Å². The van der Waals surface area contributed by atoms with Crippen molar-refractivity contribution in [2.45, 2.75) is 25.8 Å². The van der Waals surface area contributed by atoms with Crippen LogP contribution in [0.25, 0.3) is 10.8 Å². The van der Waals surface area contributed by atoms with E-state index in [2.05, 4.69) is 78.7 Å². The number of aryl methyl sites for hydroxylation is 1. The molecule has 4 aromatic rings. The molecule has 0 spiro atoms. The Bertz CT molecular complexity index is 1430. The number of carbonyl (C=O) groups is 1. The summed E-state index contributed by atoms with van der Waals surface area (Å²) >= 11 is 0. The van der Waals surface area contributed by atoms with Gasteiger partial charge in [0.25, 0.3) is 5.91 Å². The van der Waals surface area contributed by atoms with Crippen molar-refractivity contribution in [2.24, 2.45) is 5.10 Å². The van der Waals surface area contributed by atoms with Crippen LogP contribution in [0.4, 0.5) is 5.69 Å². The smallest absolute Gasteiger partial charge is 0.254 e. The molecule has 2 aliphatic heterocycles. The monoisotopic (exact) mass is 489 g/mol. The number of benzene rings is 4. The highest BCUT2D eigenvalue weighted by Crippen LogP contribution is 2.39. The molecule has 5 nitrogen and oxygen atoms in total. The van der Waals surface area contributed by atoms with Crippen LogP contribution >= 0.6 is 0 Å². The van der Waals surface area contributed by atoms with E-state index in [1.165, 1.54) is 21.9 Å². The zero-order valence-corrected chi connectivity index (χ0v) is 21.1. The Morgan fingerprint density at radius 2 is 1.62 bits per heavy atom. The number of hydrazone groups is 1. The first-order valence-electron chi connectivity index (χ1n) is 13.1. The number of ether oxygens (including phenoxy) is 1. The average Bonchev–Trinajstić information content (AvgIpc) is 3.42. The van der Waals surface area contributed by atoms with Gasteiger partial charge in [0.1, 0.15) is 0 Å². The first-order valence-corrected chi connectivity index (χ1v) is 13.1. The van der Waals surface area contributed by atoms with Gasteiger partial charge in [0.15, 0.2) is 0 Å². The average molecular weight is 490 g/mol. The summed E-state index contributed by atoms with van der Waals surface area (Å²) in [6.07, 6.45) is 1.83. The molecular formula is C32H31N3O2. The molecule has 5 heteroatoms. The van der Waals surface area contributed by atoms with Gasteiger partial charge in [-0.2, -0.15) is 5.10 Å². The second-order valence-electron chi connectivity index (χ2n) is 9.68. The van der Waals surface area contributed by atoms with Crippen LogP contribution in [0.3, 0.4) is 0 Å². The van der Waals surface area contributed by atoms with Gasteiger partial charge < -0.3 is 9.64 Å². The van der Waals surface area contributed by atoms with E-state index < -0.39 is 0 Å². The first-order chi connectivity index (χ1) is 18.2. The number of carbonyl (C=O) groups excluding carboxylic acids is 1. The minimum atomic E-state index is 0.0575. The number of fused-ring (bicyclic) bond motifs is 1. The Hall–Kier alpha value is -3.96. The molecule has 0 radical (unpaired) electrons. The Morgan fingerprint density at radius 3 is 2.38 bits per heavy atom. The Labute approximate surface area is 218 Å². The minimum Gasteiger partial charge on any atom is -0.378 e. The predicted molar refractivity (Wildman–Crippen MR) is 149 cm³/mol. The molecule has 2 heterocycles. The van der Waals surface area contributed by atoms with E-state index in [1.54, 1.807) is 0 Å². The van der Waals surface area contributed by atoms with Crippen LogP contribution in [0.15, 0.2) is 96.1 Å². The fourth-order valence-corrected chi connectivity index (χ4v) is 5.34. The van der Waals surface area contributed by atoms with Crippen molar-refractivity contribution in [1.29, 1.82) is 0 Å². The van der Waals surface area contributed by atoms with E-state index in [4.69, 9.17) is 9.84 Å². The number of hydrogen-bond acceptors (Lipinski definition) is 4. The lowest BCUT2D eigenvalue weighted by Crippen LogP contribution is -2.40. The number of nitrogens with zero attached hydrogens (tertiary/aromatic N) is 3. The fourth-order valence-electron chi connectivity index (χ4n) is 5.34. The lowest BCUT2D eigenvalue weighted by molar-refractivity contribution is 0.0303. The number of morpholine rings is 1. The van der Waals surface area contributed by atoms with Crippen molar-refractivity contribution in [2.75, 3.05) is 31.3 Å². The molecule has 1 atom stereocenters. The molecule has 0 saturated carbocycles. The molecule has 6 rings (SSSR count). The zero-order chi connectivity index (χ0) is 25.2. The molecule has 2 aliphatic rings. The van der Waals surface area contributed by atoms with Gasteiger partial charge in [0.05, 0.1) is 30.7 Å². The van der Waals surface area contributed by atoms with Crippen LogP contribution in [0, 0.1) is 0 Å². The number of amides is 1. The maximum atomic E-state index is 13.0. The van der Waals surface area contributed by atoms with Crippen LogP contribution in [0.5, 0.6) is 0 Å². The molecule has 1 saturated heterocycles. The summed E-state index contributed by atoms with van der Waals surface area (Å²) in [5.74, 6) is 0.0575. The normalized spacial score (nSPS) is 17.8. The summed E-state index contributed by atoms with van der Waals surface area (Å²) in [5, 5.41) is 9.76. The summed E-state index contributed by atoms with van der Waals surface area (Å²) in [4.78, 5) is 14.8. The third-order valence-electron chi connectivity index (χ3n) is 7.47. The summed E-state index contributed by atoms with van der Waals surface area (Å²) in [7, 11) is 0. The van der Waals surface area contributed by atoms with Crippen LogP contribution in [0.1, 0.15) is 46.4 Å². The highest BCUT2D eigenvalue weighted by molar-refractivity contribution is 6.04. The van der Waals surface area contributed by atoms with Gasteiger partial charge in [0, 0.05) is 25.1 Å². The van der Waals surface area contributed by atoms with Crippen LogP contribution < -0.4 is 5.01 Å². The summed E-state index contributed by atoms with van der Waals surface area (Å²) in [5.41, 5.74) is 6.50. The third-order valence-corrected chi connectivity index (χ3v) is 7.47. The first kappa shape index (κ1) is 23.4. The fraction of sp³-hybridized carbons (Fsp3) is 0.250. The maximum Gasteiger partial charge on any atom is 0.254 e. The zero-order valence-electron chi connectivity index (χ0n) is 21.1. The quantitative estimate of drug-likeness (QED) is 0.334. The maximum absolute atomic E-state index is 13.0. The van der Waals surface area contributed by atoms with Crippen molar-refractivity contribution < 1.29 is 9.53 Å². The topological polar surface area (TPSA) is 45.1 Å². The van der Waals surface area contributed by atoms with Gasteiger partial charge in [-0.25, -0.2) is 0 Å². The molecule has 0 bridgehead atoms. The largest absolute Gasteiger partial charge is 0.378 e. The Kier molecular flexibility index (Phi) is 6.46. The number of hydrogen-bond donors (Lipinski definition) is 0. The molecule has 0 N–H and O–H groups in total. The van der Waals surface area contributed by atoms with E-state index in [0.29, 0.717) is 31.9 Å². The van der Waals surface area contributed by atoms with Crippen molar-refractivity contribution in [1.82, 2.24) is 4.90 Å². The van der Waals surface area contributed by atoms with Crippen molar-refractivity contribution >= 4 is 28.1 Å². The van der Waals surface area contributed by atoms with Crippen LogP contribution in [-0.2, 0) is 11.2 Å². The molecule has 186 valence electrons. The third kappa shape index (κ3) is 4.63. The van der Waals surface area contributed by atoms with E-state index in [1.807, 2.05) is 29.2 Å². The number of anilines is 1. The van der Waals surface area contributed by atoms with E-state index in [-0.39, 0.29) is 11.9 Å². The van der Waals surface area contributed by atoms with Crippen LogP contribution in [0.2, 0.25) is 0 Å².